The van der Waals surface area contributed by atoms with Crippen molar-refractivity contribution >= 4 is 17.4 Å². The summed E-state index contributed by atoms with van der Waals surface area (Å²) < 4.78 is 1.71. The molecule has 1 aliphatic rings. The Morgan fingerprint density at radius 3 is 2.58 bits per heavy atom. The first-order chi connectivity index (χ1) is 9.03. The Balaban J connectivity index is 2.42. The van der Waals surface area contributed by atoms with Crippen molar-refractivity contribution in [2.24, 2.45) is 0 Å². The minimum Gasteiger partial charge on any atom is -0.297 e. The van der Waals surface area contributed by atoms with E-state index in [0.717, 1.165) is 25.7 Å². The molecule has 106 valence electrons. The van der Waals surface area contributed by atoms with Crippen molar-refractivity contribution in [3.8, 4) is 0 Å². The first-order valence-electron chi connectivity index (χ1n) is 6.96. The third-order valence-corrected chi connectivity index (χ3v) is 4.55. The number of nitrogens with zero attached hydrogens (tertiary/aromatic N) is 3. The van der Waals surface area contributed by atoms with Crippen molar-refractivity contribution in [1.29, 1.82) is 0 Å². The summed E-state index contributed by atoms with van der Waals surface area (Å²) in [6, 6.07) is 0. The van der Waals surface area contributed by atoms with Crippen molar-refractivity contribution in [2.75, 3.05) is 14.1 Å². The molecule has 1 aliphatic carbocycles. The third kappa shape index (κ3) is 2.43. The van der Waals surface area contributed by atoms with Crippen LogP contribution in [0.5, 0.6) is 0 Å². The smallest absolute Gasteiger partial charge is 0.202 e. The second kappa shape index (κ2) is 5.63. The van der Waals surface area contributed by atoms with E-state index in [4.69, 9.17) is 11.6 Å². The molecule has 0 aliphatic heterocycles. The Bertz CT molecular complexity index is 461. The highest BCUT2D eigenvalue weighted by molar-refractivity contribution is 6.34. The molecule has 0 bridgehead atoms. The molecule has 0 saturated heterocycles. The molecular formula is C14H22ClN3O. The van der Waals surface area contributed by atoms with Crippen molar-refractivity contribution in [3.05, 3.63) is 16.9 Å². The van der Waals surface area contributed by atoms with E-state index in [2.05, 4.69) is 10.00 Å². The molecule has 4 nitrogen and oxygen atoms in total. The van der Waals surface area contributed by atoms with Gasteiger partial charge in [0.15, 0.2) is 0 Å². The van der Waals surface area contributed by atoms with Gasteiger partial charge in [-0.3, -0.25) is 14.4 Å². The summed E-state index contributed by atoms with van der Waals surface area (Å²) in [5.41, 5.74) is 0.161. The quantitative estimate of drug-likeness (QED) is 0.797. The van der Waals surface area contributed by atoms with Crippen LogP contribution in [0.1, 0.15) is 49.5 Å². The predicted molar refractivity (Wildman–Crippen MR) is 76.7 cm³/mol. The van der Waals surface area contributed by atoms with E-state index in [-0.39, 0.29) is 5.78 Å². The van der Waals surface area contributed by atoms with Gasteiger partial charge in [0.05, 0.1) is 16.8 Å². The van der Waals surface area contributed by atoms with Crippen LogP contribution in [0.3, 0.4) is 0 Å². The molecule has 19 heavy (non-hydrogen) atoms. The van der Waals surface area contributed by atoms with E-state index in [1.165, 1.54) is 6.42 Å². The Hall–Kier alpha value is -0.870. The Morgan fingerprint density at radius 1 is 1.42 bits per heavy atom. The van der Waals surface area contributed by atoms with E-state index in [9.17, 15) is 4.79 Å². The maximum Gasteiger partial charge on any atom is 0.202 e. The molecule has 1 saturated carbocycles. The summed E-state index contributed by atoms with van der Waals surface area (Å²) in [5.74, 6) is 0.126. The van der Waals surface area contributed by atoms with Crippen molar-refractivity contribution in [1.82, 2.24) is 14.7 Å². The Morgan fingerprint density at radius 2 is 2.05 bits per heavy atom. The average Bonchev–Trinajstić information content (AvgIpc) is 2.79. The fourth-order valence-corrected chi connectivity index (χ4v) is 3.29. The number of Topliss-reactive ketones (excluding diaryl/α,β-unsaturated/α-hetero) is 1. The summed E-state index contributed by atoms with van der Waals surface area (Å²) >= 11 is 6.18. The van der Waals surface area contributed by atoms with Crippen LogP contribution in [0.25, 0.3) is 0 Å². The number of hydrogen-bond donors (Lipinski definition) is 0. The molecular weight excluding hydrogens is 262 g/mol. The summed E-state index contributed by atoms with van der Waals surface area (Å²) in [6.45, 7) is 2.64. The molecule has 0 N–H and O–H groups in total. The SMILES string of the molecule is CCn1ncc(Cl)c1C(=O)C1(N(C)C)CCCCC1. The molecule has 1 aromatic heterocycles. The fraction of sp³-hybridized carbons (Fsp3) is 0.714. The standard InChI is InChI=1S/C14H22ClN3O/c1-4-18-12(11(15)10-16-18)13(19)14(17(2)3)8-6-5-7-9-14/h10H,4-9H2,1-3H3. The zero-order valence-electron chi connectivity index (χ0n) is 11.9. The molecule has 0 amide bonds. The molecule has 1 aromatic rings. The molecule has 0 atom stereocenters. The number of halogens is 1. The van der Waals surface area contributed by atoms with Gasteiger partial charge in [0.2, 0.25) is 5.78 Å². The minimum absolute atomic E-state index is 0.126. The topological polar surface area (TPSA) is 38.1 Å². The van der Waals surface area contributed by atoms with Crippen molar-refractivity contribution in [2.45, 2.75) is 51.1 Å². The largest absolute Gasteiger partial charge is 0.297 e. The van der Waals surface area contributed by atoms with Gasteiger partial charge in [-0.15, -0.1) is 0 Å². The van der Waals surface area contributed by atoms with Crippen LogP contribution in [-0.2, 0) is 6.54 Å². The highest BCUT2D eigenvalue weighted by Gasteiger charge is 2.43. The van der Waals surface area contributed by atoms with Gasteiger partial charge in [0, 0.05) is 6.54 Å². The number of ketones is 1. The molecule has 5 heteroatoms. The van der Waals surface area contributed by atoms with Gasteiger partial charge >= 0.3 is 0 Å². The number of rotatable bonds is 4. The van der Waals surface area contributed by atoms with Gasteiger partial charge in [0.25, 0.3) is 0 Å². The summed E-state index contributed by atoms with van der Waals surface area (Å²) in [7, 11) is 3.98. The van der Waals surface area contributed by atoms with E-state index >= 15 is 0 Å². The average molecular weight is 284 g/mol. The normalized spacial score (nSPS) is 18.8. The first-order valence-corrected chi connectivity index (χ1v) is 7.34. The lowest BCUT2D eigenvalue weighted by molar-refractivity contribution is 0.0552. The van der Waals surface area contributed by atoms with Gasteiger partial charge < -0.3 is 0 Å². The molecule has 0 spiro atoms. The van der Waals surface area contributed by atoms with E-state index in [1.807, 2.05) is 21.0 Å². The lowest BCUT2D eigenvalue weighted by Gasteiger charge is -2.41. The van der Waals surface area contributed by atoms with Crippen LogP contribution in [0.2, 0.25) is 5.02 Å². The molecule has 0 radical (unpaired) electrons. The molecule has 1 fully saturated rings. The van der Waals surface area contributed by atoms with Crippen LogP contribution in [0.4, 0.5) is 0 Å². The highest BCUT2D eigenvalue weighted by Crippen LogP contribution is 2.36. The summed E-state index contributed by atoms with van der Waals surface area (Å²) in [4.78, 5) is 15.1. The maximum atomic E-state index is 13.0. The highest BCUT2D eigenvalue weighted by atomic mass is 35.5. The van der Waals surface area contributed by atoms with Crippen LogP contribution >= 0.6 is 11.6 Å². The van der Waals surface area contributed by atoms with E-state index in [1.54, 1.807) is 10.9 Å². The maximum absolute atomic E-state index is 13.0. The zero-order chi connectivity index (χ0) is 14.0. The van der Waals surface area contributed by atoms with Crippen molar-refractivity contribution in [3.63, 3.8) is 0 Å². The Kier molecular flexibility index (Phi) is 4.31. The second-order valence-electron chi connectivity index (χ2n) is 5.47. The molecule has 1 heterocycles. The third-order valence-electron chi connectivity index (χ3n) is 4.27. The molecule has 0 unspecified atom stereocenters. The van der Waals surface area contributed by atoms with Crippen LogP contribution in [0.15, 0.2) is 6.20 Å². The van der Waals surface area contributed by atoms with E-state index in [0.29, 0.717) is 17.3 Å². The van der Waals surface area contributed by atoms with Gasteiger partial charge in [-0.25, -0.2) is 0 Å². The van der Waals surface area contributed by atoms with Gasteiger partial charge in [-0.05, 0) is 33.9 Å². The van der Waals surface area contributed by atoms with Crippen LogP contribution in [-0.4, -0.2) is 40.1 Å². The van der Waals surface area contributed by atoms with Gasteiger partial charge in [-0.1, -0.05) is 30.9 Å². The number of hydrogen-bond acceptors (Lipinski definition) is 3. The number of carbonyl (C=O) groups is 1. The predicted octanol–water partition coefficient (Wildman–Crippen LogP) is 3.00. The fourth-order valence-electron chi connectivity index (χ4n) is 3.06. The second-order valence-corrected chi connectivity index (χ2v) is 5.88. The first kappa shape index (κ1) is 14.5. The summed E-state index contributed by atoms with van der Waals surface area (Å²) in [6.07, 6.45) is 6.80. The number of carbonyl (C=O) groups excluding carboxylic acids is 1. The Labute approximate surface area is 119 Å². The lowest BCUT2D eigenvalue weighted by atomic mass is 9.76. The molecule has 0 aromatic carbocycles. The van der Waals surface area contributed by atoms with Crippen molar-refractivity contribution < 1.29 is 4.79 Å². The minimum atomic E-state index is -0.408. The van der Waals surface area contributed by atoms with Crippen LogP contribution < -0.4 is 0 Å². The van der Waals surface area contributed by atoms with E-state index < -0.39 is 5.54 Å². The monoisotopic (exact) mass is 283 g/mol. The lowest BCUT2D eigenvalue weighted by Crippen LogP contribution is -2.53. The number of aromatic nitrogens is 2. The molecule has 2 rings (SSSR count). The number of likely N-dealkylation sites (N-methyl/N-ethyl adjacent to an activating group) is 1. The summed E-state index contributed by atoms with van der Waals surface area (Å²) in [5, 5.41) is 4.66. The van der Waals surface area contributed by atoms with Gasteiger partial charge in [0.1, 0.15) is 5.69 Å². The number of aryl methyl sites for hydroxylation is 1. The van der Waals surface area contributed by atoms with Gasteiger partial charge in [-0.2, -0.15) is 5.10 Å². The van der Waals surface area contributed by atoms with Crippen LogP contribution in [0, 0.1) is 0 Å². The zero-order valence-corrected chi connectivity index (χ0v) is 12.7.